The van der Waals surface area contributed by atoms with Crippen LogP contribution in [0, 0.1) is 0 Å². The van der Waals surface area contributed by atoms with Crippen molar-refractivity contribution in [2.45, 2.75) is 45.2 Å². The number of ether oxygens (including phenoxy) is 1. The van der Waals surface area contributed by atoms with Gasteiger partial charge in [0, 0.05) is 19.5 Å². The fourth-order valence-corrected chi connectivity index (χ4v) is 3.12. The number of nitrogens with zero attached hydrogens (tertiary/aromatic N) is 1. The topological polar surface area (TPSA) is 105 Å². The number of halogens is 3. The number of carbonyl (C=O) groups is 3. The van der Waals surface area contributed by atoms with E-state index in [2.05, 4.69) is 5.32 Å². The molecular formula is C19H24BF3N2O6. The highest BCUT2D eigenvalue weighted by molar-refractivity contribution is 6.47. The largest absolute Gasteiger partial charge is 0.547 e. The van der Waals surface area contributed by atoms with E-state index in [0.29, 0.717) is 18.7 Å². The van der Waals surface area contributed by atoms with Gasteiger partial charge in [-0.3, -0.25) is 9.59 Å². The van der Waals surface area contributed by atoms with Crippen LogP contribution in [-0.4, -0.2) is 66.6 Å². The fraction of sp³-hybridized carbons (Fsp3) is 0.526. The second-order valence-corrected chi connectivity index (χ2v) is 6.94. The van der Waals surface area contributed by atoms with Gasteiger partial charge in [0.2, 0.25) is 5.91 Å². The van der Waals surface area contributed by atoms with Gasteiger partial charge in [0.1, 0.15) is 11.3 Å². The molecule has 1 heterocycles. The van der Waals surface area contributed by atoms with Crippen LogP contribution in [0.25, 0.3) is 0 Å². The Bertz CT molecular complexity index is 816. The van der Waals surface area contributed by atoms with Gasteiger partial charge in [0.15, 0.2) is 6.61 Å². The molecule has 1 aliphatic rings. The summed E-state index contributed by atoms with van der Waals surface area (Å²) >= 11 is 0. The first-order valence-electron chi connectivity index (χ1n) is 9.83. The number of rotatable bonds is 8. The Hall–Kier alpha value is -2.76. The lowest BCUT2D eigenvalue weighted by molar-refractivity contribution is -0.144. The fourth-order valence-electron chi connectivity index (χ4n) is 3.12. The van der Waals surface area contributed by atoms with Crippen LogP contribution in [0.5, 0.6) is 5.75 Å². The van der Waals surface area contributed by atoms with Crippen LogP contribution in [0.15, 0.2) is 18.2 Å². The van der Waals surface area contributed by atoms with Gasteiger partial charge < -0.3 is 24.6 Å². The van der Waals surface area contributed by atoms with Crippen molar-refractivity contribution < 1.29 is 42.0 Å². The number of likely N-dealkylation sites (N-methyl/N-ethyl adjacent to an activating group) is 1. The van der Waals surface area contributed by atoms with Crippen molar-refractivity contribution in [1.82, 2.24) is 10.2 Å². The van der Waals surface area contributed by atoms with Crippen molar-refractivity contribution in [2.24, 2.45) is 0 Å². The molecule has 12 heteroatoms. The minimum atomic E-state index is -4.46. The van der Waals surface area contributed by atoms with E-state index in [-0.39, 0.29) is 23.6 Å². The Morgan fingerprint density at radius 2 is 1.97 bits per heavy atom. The molecule has 0 radical (unpaired) electrons. The van der Waals surface area contributed by atoms with E-state index < -0.39 is 50.6 Å². The highest BCUT2D eigenvalue weighted by Crippen LogP contribution is 2.31. The average molecular weight is 444 g/mol. The molecule has 0 aromatic heterocycles. The standard InChI is InChI=1S/C19H24BF3N2O6/c1-3-25(4-2)16(27)11-30-18(28)13-7-5-6-12-10-14(20(29)31-17(12)13)24-15(26)8-9-19(21,22)23/h5-7,14,29H,3-4,8-11H2,1-2H3,(H,24,26)/t14-/m0/s1. The Kier molecular flexibility index (Phi) is 8.32. The molecule has 0 fully saturated rings. The van der Waals surface area contributed by atoms with Gasteiger partial charge in [-0.15, -0.1) is 0 Å². The van der Waals surface area contributed by atoms with Crippen molar-refractivity contribution in [2.75, 3.05) is 19.7 Å². The zero-order valence-electron chi connectivity index (χ0n) is 17.2. The highest BCUT2D eigenvalue weighted by atomic mass is 19.4. The number of benzene rings is 1. The first-order chi connectivity index (χ1) is 14.6. The van der Waals surface area contributed by atoms with Crippen molar-refractivity contribution >= 4 is 24.9 Å². The summed E-state index contributed by atoms with van der Waals surface area (Å²) in [7, 11) is -1.58. The number of hydrogen-bond donors (Lipinski definition) is 2. The predicted octanol–water partition coefficient (Wildman–Crippen LogP) is 1.49. The lowest BCUT2D eigenvalue weighted by atomic mass is 9.72. The minimum absolute atomic E-state index is 0.00857. The van der Waals surface area contributed by atoms with Gasteiger partial charge in [-0.2, -0.15) is 13.2 Å². The van der Waals surface area contributed by atoms with Crippen molar-refractivity contribution in [1.29, 1.82) is 0 Å². The summed E-state index contributed by atoms with van der Waals surface area (Å²) in [5.74, 6) is -3.00. The number of amides is 2. The highest BCUT2D eigenvalue weighted by Gasteiger charge is 2.38. The van der Waals surface area contributed by atoms with Gasteiger partial charge in [-0.25, -0.2) is 4.79 Å². The molecule has 1 aliphatic heterocycles. The number of alkyl halides is 3. The predicted molar refractivity (Wildman–Crippen MR) is 104 cm³/mol. The number of carbonyl (C=O) groups excluding carboxylic acids is 3. The van der Waals surface area contributed by atoms with Crippen LogP contribution in [0.3, 0.4) is 0 Å². The number of esters is 1. The second-order valence-electron chi connectivity index (χ2n) is 6.94. The summed E-state index contributed by atoms with van der Waals surface area (Å²) in [5, 5.41) is 12.5. The summed E-state index contributed by atoms with van der Waals surface area (Å²) in [4.78, 5) is 37.7. The number of para-hydroxylation sites is 1. The smallest absolute Gasteiger partial charge is 0.534 e. The Morgan fingerprint density at radius 3 is 2.58 bits per heavy atom. The van der Waals surface area contributed by atoms with Crippen molar-refractivity contribution in [3.63, 3.8) is 0 Å². The van der Waals surface area contributed by atoms with Crippen LogP contribution < -0.4 is 9.97 Å². The van der Waals surface area contributed by atoms with Crippen molar-refractivity contribution in [3.05, 3.63) is 29.3 Å². The molecular weight excluding hydrogens is 420 g/mol. The van der Waals surface area contributed by atoms with E-state index in [9.17, 15) is 32.6 Å². The third kappa shape index (κ3) is 6.88. The third-order valence-corrected chi connectivity index (χ3v) is 4.76. The monoisotopic (exact) mass is 444 g/mol. The summed E-state index contributed by atoms with van der Waals surface area (Å²) in [6, 6.07) is 4.52. The van der Waals surface area contributed by atoms with E-state index >= 15 is 0 Å². The number of hydrogen-bond acceptors (Lipinski definition) is 6. The molecule has 1 aromatic rings. The molecule has 1 aromatic carbocycles. The SMILES string of the molecule is CCN(CC)C(=O)COC(=O)c1cccc2c1OB(O)[C@@H](NC(=O)CCC(F)(F)F)C2. The Labute approximate surface area is 177 Å². The van der Waals surface area contributed by atoms with Gasteiger partial charge in [0.05, 0.1) is 12.4 Å². The third-order valence-electron chi connectivity index (χ3n) is 4.76. The van der Waals surface area contributed by atoms with Gasteiger partial charge in [-0.1, -0.05) is 12.1 Å². The first-order valence-corrected chi connectivity index (χ1v) is 9.83. The van der Waals surface area contributed by atoms with Gasteiger partial charge >= 0.3 is 19.3 Å². The molecule has 0 aliphatic carbocycles. The molecule has 2 amide bonds. The molecule has 0 bridgehead atoms. The maximum absolute atomic E-state index is 12.4. The molecule has 170 valence electrons. The van der Waals surface area contributed by atoms with Gasteiger partial charge in [0.25, 0.3) is 5.91 Å². The van der Waals surface area contributed by atoms with Crippen LogP contribution >= 0.6 is 0 Å². The van der Waals surface area contributed by atoms with E-state index in [0.717, 1.165) is 0 Å². The maximum Gasteiger partial charge on any atom is 0.547 e. The maximum atomic E-state index is 12.4. The first kappa shape index (κ1) is 24.5. The van der Waals surface area contributed by atoms with Crippen LogP contribution in [-0.2, 0) is 20.7 Å². The molecule has 31 heavy (non-hydrogen) atoms. The number of fused-ring (bicyclic) bond motifs is 1. The molecule has 0 saturated heterocycles. The molecule has 2 rings (SSSR count). The second kappa shape index (κ2) is 10.5. The zero-order chi connectivity index (χ0) is 23.2. The molecule has 2 N–H and O–H groups in total. The normalized spacial score (nSPS) is 15.5. The summed E-state index contributed by atoms with van der Waals surface area (Å²) in [6.45, 7) is 4.08. The Morgan fingerprint density at radius 1 is 1.29 bits per heavy atom. The van der Waals surface area contributed by atoms with Gasteiger partial charge in [-0.05, 0) is 31.9 Å². The summed E-state index contributed by atoms with van der Waals surface area (Å²) in [5.41, 5.74) is 0.446. The van der Waals surface area contributed by atoms with E-state index in [1.165, 1.54) is 17.0 Å². The van der Waals surface area contributed by atoms with E-state index in [4.69, 9.17) is 9.39 Å². The lowest BCUT2D eigenvalue weighted by Crippen LogP contribution is -2.53. The molecule has 0 saturated carbocycles. The van der Waals surface area contributed by atoms with E-state index in [1.807, 2.05) is 0 Å². The summed E-state index contributed by atoms with van der Waals surface area (Å²) < 4.78 is 47.2. The molecule has 1 atom stereocenters. The lowest BCUT2D eigenvalue weighted by Gasteiger charge is -2.29. The van der Waals surface area contributed by atoms with Crippen LogP contribution in [0.4, 0.5) is 13.2 Å². The average Bonchev–Trinajstić information content (AvgIpc) is 2.71. The summed E-state index contributed by atoms with van der Waals surface area (Å²) in [6.07, 6.45) is -6.48. The number of nitrogens with one attached hydrogen (secondary N) is 1. The molecule has 0 spiro atoms. The molecule has 8 nitrogen and oxygen atoms in total. The minimum Gasteiger partial charge on any atom is -0.534 e. The zero-order valence-corrected chi connectivity index (χ0v) is 17.2. The Balaban J connectivity index is 2.04. The van der Waals surface area contributed by atoms with Crippen LogP contribution in [0.2, 0.25) is 0 Å². The quantitative estimate of drug-likeness (QED) is 0.465. The van der Waals surface area contributed by atoms with Crippen molar-refractivity contribution in [3.8, 4) is 5.75 Å². The van der Waals surface area contributed by atoms with E-state index in [1.54, 1.807) is 19.9 Å². The molecule has 0 unspecified atom stereocenters. The van der Waals surface area contributed by atoms with Crippen LogP contribution in [0.1, 0.15) is 42.6 Å².